The Balaban J connectivity index is 2.23. The molecule has 1 spiro atoms. The zero-order valence-electron chi connectivity index (χ0n) is 7.47. The van der Waals surface area contributed by atoms with Gasteiger partial charge in [0.05, 0.1) is 6.61 Å². The fraction of sp³-hybridized carbons (Fsp3) is 0.778. The van der Waals surface area contributed by atoms with Gasteiger partial charge in [0.15, 0.2) is 0 Å². The van der Waals surface area contributed by atoms with Gasteiger partial charge in [0, 0.05) is 6.54 Å². The minimum atomic E-state index is -0.837. The third kappa shape index (κ3) is 1.20. The van der Waals surface area contributed by atoms with Crippen LogP contribution in [-0.4, -0.2) is 25.0 Å². The van der Waals surface area contributed by atoms with E-state index in [1.165, 1.54) is 0 Å². The molecule has 2 fully saturated rings. The third-order valence-electron chi connectivity index (χ3n) is 2.87. The molecular weight excluding hydrogens is 170 g/mol. The van der Waals surface area contributed by atoms with Crippen molar-refractivity contribution < 1.29 is 14.3 Å². The van der Waals surface area contributed by atoms with Gasteiger partial charge in [-0.25, -0.2) is 0 Å². The molecule has 4 nitrogen and oxygen atoms in total. The van der Waals surface area contributed by atoms with Crippen LogP contribution in [0.25, 0.3) is 0 Å². The molecule has 0 unspecified atom stereocenters. The maximum atomic E-state index is 11.6. The molecule has 1 N–H and O–H groups in total. The maximum absolute atomic E-state index is 11.6. The lowest BCUT2D eigenvalue weighted by Crippen LogP contribution is -2.53. The van der Waals surface area contributed by atoms with Crippen molar-refractivity contribution in [3.05, 3.63) is 0 Å². The van der Waals surface area contributed by atoms with E-state index in [1.807, 2.05) is 0 Å². The van der Waals surface area contributed by atoms with E-state index in [0.29, 0.717) is 26.0 Å². The van der Waals surface area contributed by atoms with Crippen molar-refractivity contribution in [1.82, 2.24) is 5.32 Å². The Morgan fingerprint density at radius 3 is 2.69 bits per heavy atom. The number of amides is 1. The van der Waals surface area contributed by atoms with Crippen molar-refractivity contribution in [3.63, 3.8) is 0 Å². The summed E-state index contributed by atoms with van der Waals surface area (Å²) in [6, 6.07) is 0. The highest BCUT2D eigenvalue weighted by Gasteiger charge is 2.49. The molecule has 2 aliphatic heterocycles. The molecule has 13 heavy (non-hydrogen) atoms. The van der Waals surface area contributed by atoms with Gasteiger partial charge in [-0.2, -0.15) is 0 Å². The molecule has 2 saturated heterocycles. The predicted octanol–water partition coefficient (Wildman–Crippen LogP) is 0.220. The standard InChI is InChI=1S/C9H13NO3/c11-7-9(3-1-5-10-7)4-2-6-13-8(9)12/h1-6H2,(H,10,11)/t9-/m1/s1. The number of carbonyl (C=O) groups excluding carboxylic acids is 2. The van der Waals surface area contributed by atoms with E-state index in [4.69, 9.17) is 4.74 Å². The molecule has 1 amide bonds. The molecule has 1 atom stereocenters. The lowest BCUT2D eigenvalue weighted by Gasteiger charge is -2.36. The average Bonchev–Trinajstić information content (AvgIpc) is 2.15. The number of ether oxygens (including phenoxy) is 1. The Bertz CT molecular complexity index is 223. The number of cyclic esters (lactones) is 1. The van der Waals surface area contributed by atoms with Gasteiger partial charge >= 0.3 is 5.97 Å². The fourth-order valence-corrected chi connectivity index (χ4v) is 2.09. The molecule has 72 valence electrons. The SMILES string of the molecule is O=C1NCCC[C@@]12CCCOC2=O. The first-order valence-corrected chi connectivity index (χ1v) is 4.71. The second-order valence-corrected chi connectivity index (χ2v) is 3.68. The molecule has 2 heterocycles. The molecule has 4 heteroatoms. The van der Waals surface area contributed by atoms with E-state index >= 15 is 0 Å². The van der Waals surface area contributed by atoms with Crippen molar-refractivity contribution in [1.29, 1.82) is 0 Å². The molecule has 2 rings (SSSR count). The summed E-state index contributed by atoms with van der Waals surface area (Å²) >= 11 is 0. The van der Waals surface area contributed by atoms with Crippen LogP contribution >= 0.6 is 0 Å². The number of carbonyl (C=O) groups is 2. The lowest BCUT2D eigenvalue weighted by molar-refractivity contribution is -0.169. The summed E-state index contributed by atoms with van der Waals surface area (Å²) in [4.78, 5) is 23.1. The Kier molecular flexibility index (Phi) is 1.98. The van der Waals surface area contributed by atoms with Crippen LogP contribution in [0.2, 0.25) is 0 Å². The first-order chi connectivity index (χ1) is 6.26. The minimum Gasteiger partial charge on any atom is -0.465 e. The van der Waals surface area contributed by atoms with Crippen LogP contribution in [0.4, 0.5) is 0 Å². The summed E-state index contributed by atoms with van der Waals surface area (Å²) in [5.74, 6) is -0.459. The van der Waals surface area contributed by atoms with Crippen LogP contribution < -0.4 is 5.32 Å². The van der Waals surface area contributed by atoms with Gasteiger partial charge in [0.2, 0.25) is 5.91 Å². The van der Waals surface area contributed by atoms with Crippen molar-refractivity contribution in [2.45, 2.75) is 25.7 Å². The molecule has 0 aromatic rings. The van der Waals surface area contributed by atoms with E-state index in [1.54, 1.807) is 0 Å². The Morgan fingerprint density at radius 1 is 1.23 bits per heavy atom. The van der Waals surface area contributed by atoms with Crippen LogP contribution in [0, 0.1) is 5.41 Å². The second-order valence-electron chi connectivity index (χ2n) is 3.68. The highest BCUT2D eigenvalue weighted by molar-refractivity contribution is 6.03. The van der Waals surface area contributed by atoms with Crippen LogP contribution in [0.15, 0.2) is 0 Å². The largest absolute Gasteiger partial charge is 0.465 e. The van der Waals surface area contributed by atoms with Crippen molar-refractivity contribution in [2.75, 3.05) is 13.2 Å². The minimum absolute atomic E-state index is 0.136. The number of nitrogens with one attached hydrogen (secondary N) is 1. The molecular formula is C9H13NO3. The maximum Gasteiger partial charge on any atom is 0.321 e. The van der Waals surface area contributed by atoms with Gasteiger partial charge in [0.1, 0.15) is 5.41 Å². The van der Waals surface area contributed by atoms with Gasteiger partial charge in [0.25, 0.3) is 0 Å². The number of rotatable bonds is 0. The number of hydrogen-bond acceptors (Lipinski definition) is 3. The molecule has 0 bridgehead atoms. The van der Waals surface area contributed by atoms with E-state index < -0.39 is 5.41 Å². The van der Waals surface area contributed by atoms with Crippen molar-refractivity contribution in [2.24, 2.45) is 5.41 Å². The monoisotopic (exact) mass is 183 g/mol. The first kappa shape index (κ1) is 8.53. The number of hydrogen-bond donors (Lipinski definition) is 1. The van der Waals surface area contributed by atoms with Crippen molar-refractivity contribution >= 4 is 11.9 Å². The average molecular weight is 183 g/mol. The van der Waals surface area contributed by atoms with Crippen molar-refractivity contribution in [3.8, 4) is 0 Å². The molecule has 0 saturated carbocycles. The Labute approximate surface area is 76.6 Å². The van der Waals surface area contributed by atoms with Crippen LogP contribution in [0.5, 0.6) is 0 Å². The molecule has 2 aliphatic rings. The topological polar surface area (TPSA) is 55.4 Å². The predicted molar refractivity (Wildman–Crippen MR) is 44.9 cm³/mol. The van der Waals surface area contributed by atoms with Crippen LogP contribution in [-0.2, 0) is 14.3 Å². The summed E-state index contributed by atoms with van der Waals surface area (Å²) in [5.41, 5.74) is -0.837. The Morgan fingerprint density at radius 2 is 2.00 bits per heavy atom. The van der Waals surface area contributed by atoms with Gasteiger partial charge < -0.3 is 10.1 Å². The normalized spacial score (nSPS) is 34.2. The van der Waals surface area contributed by atoms with Gasteiger partial charge in [-0.05, 0) is 25.7 Å². The highest BCUT2D eigenvalue weighted by atomic mass is 16.5. The zero-order chi connectivity index (χ0) is 9.31. The van der Waals surface area contributed by atoms with Crippen LogP contribution in [0.3, 0.4) is 0 Å². The quantitative estimate of drug-likeness (QED) is 0.431. The Hall–Kier alpha value is -1.06. The van der Waals surface area contributed by atoms with Gasteiger partial charge in [-0.3, -0.25) is 9.59 Å². The summed E-state index contributed by atoms with van der Waals surface area (Å²) in [7, 11) is 0. The number of piperidine rings is 1. The molecule has 0 radical (unpaired) electrons. The smallest absolute Gasteiger partial charge is 0.321 e. The van der Waals surface area contributed by atoms with Gasteiger partial charge in [-0.15, -0.1) is 0 Å². The lowest BCUT2D eigenvalue weighted by atomic mass is 9.75. The van der Waals surface area contributed by atoms with Gasteiger partial charge in [-0.1, -0.05) is 0 Å². The van der Waals surface area contributed by atoms with Crippen LogP contribution in [0.1, 0.15) is 25.7 Å². The van der Waals surface area contributed by atoms with E-state index in [0.717, 1.165) is 12.8 Å². The summed E-state index contributed by atoms with van der Waals surface area (Å²) in [6.07, 6.45) is 2.98. The highest BCUT2D eigenvalue weighted by Crippen LogP contribution is 2.36. The molecule has 0 aliphatic carbocycles. The first-order valence-electron chi connectivity index (χ1n) is 4.71. The summed E-state index contributed by atoms with van der Waals surface area (Å²) in [5, 5.41) is 2.73. The zero-order valence-corrected chi connectivity index (χ0v) is 7.47. The third-order valence-corrected chi connectivity index (χ3v) is 2.87. The van der Waals surface area contributed by atoms with E-state index in [9.17, 15) is 9.59 Å². The molecule has 0 aromatic heterocycles. The number of esters is 1. The molecule has 0 aromatic carbocycles. The summed E-state index contributed by atoms with van der Waals surface area (Å²) in [6.45, 7) is 1.15. The van der Waals surface area contributed by atoms with E-state index in [2.05, 4.69) is 5.32 Å². The summed E-state index contributed by atoms with van der Waals surface area (Å²) < 4.78 is 4.94. The fourth-order valence-electron chi connectivity index (χ4n) is 2.09. The second kappa shape index (κ2) is 3.01. The van der Waals surface area contributed by atoms with E-state index in [-0.39, 0.29) is 11.9 Å².